The predicted molar refractivity (Wildman–Crippen MR) is 115 cm³/mol. The largest absolute Gasteiger partial charge is 0.343 e. The van der Waals surface area contributed by atoms with Crippen molar-refractivity contribution in [2.45, 2.75) is 69.6 Å². The smallest absolute Gasteiger partial charge is 0.223 e. The van der Waals surface area contributed by atoms with Crippen molar-refractivity contribution in [3.8, 4) is 0 Å². The first kappa shape index (κ1) is 20.9. The number of hydrogen-bond acceptors (Lipinski definition) is 3. The van der Waals surface area contributed by atoms with E-state index < -0.39 is 10.0 Å². The number of rotatable bonds is 6. The summed E-state index contributed by atoms with van der Waals surface area (Å²) < 4.78 is 27.0. The summed E-state index contributed by atoms with van der Waals surface area (Å²) in [4.78, 5) is 14.8. The zero-order valence-corrected chi connectivity index (χ0v) is 18.4. The number of carbonyl (C=O) groups is 1. The maximum atomic E-state index is 12.8. The molecule has 3 aliphatic rings. The van der Waals surface area contributed by atoms with Crippen LogP contribution in [0.1, 0.15) is 75.3 Å². The summed E-state index contributed by atoms with van der Waals surface area (Å²) in [6.07, 6.45) is 7.18. The average molecular weight is 419 g/mol. The first-order chi connectivity index (χ1) is 14.0. The Balaban J connectivity index is 1.48. The van der Waals surface area contributed by atoms with Crippen LogP contribution >= 0.6 is 0 Å². The van der Waals surface area contributed by atoms with Crippen LogP contribution in [-0.2, 0) is 20.2 Å². The number of piperidine rings is 1. The number of hydrogen-bond donors (Lipinski definition) is 0. The van der Waals surface area contributed by atoms with Gasteiger partial charge in [0, 0.05) is 32.6 Å². The highest BCUT2D eigenvalue weighted by molar-refractivity contribution is 7.89. The standard InChI is InChI=1S/C23H34N2O3S/c1-2-3-16-29(27,28)25-14-10-23(11-15-25)18-19(20-8-4-5-9-21(20)23)17-22(26)24-12-6-7-13-24/h4-5,8-9,19H,2-3,6-7,10-18H2,1H3. The quantitative estimate of drug-likeness (QED) is 0.709. The minimum atomic E-state index is -3.14. The molecule has 4 rings (SSSR count). The fourth-order valence-corrected chi connectivity index (χ4v) is 7.29. The second-order valence-corrected chi connectivity index (χ2v) is 11.2. The Morgan fingerprint density at radius 3 is 2.48 bits per heavy atom. The van der Waals surface area contributed by atoms with Gasteiger partial charge in [-0.3, -0.25) is 4.79 Å². The van der Waals surface area contributed by atoms with Crippen molar-refractivity contribution in [3.63, 3.8) is 0 Å². The predicted octanol–water partition coefficient (Wildman–Crippen LogP) is 3.65. The lowest BCUT2D eigenvalue weighted by Crippen LogP contribution is -2.45. The van der Waals surface area contributed by atoms with Crippen molar-refractivity contribution >= 4 is 15.9 Å². The zero-order chi connectivity index (χ0) is 20.5. The summed E-state index contributed by atoms with van der Waals surface area (Å²) >= 11 is 0. The molecule has 0 aromatic heterocycles. The Hall–Kier alpha value is -1.40. The van der Waals surface area contributed by atoms with Gasteiger partial charge in [-0.1, -0.05) is 37.6 Å². The lowest BCUT2D eigenvalue weighted by molar-refractivity contribution is -0.130. The first-order valence-electron chi connectivity index (χ1n) is 11.3. The van der Waals surface area contributed by atoms with Crippen LogP contribution in [0.15, 0.2) is 24.3 Å². The fraction of sp³-hybridized carbons (Fsp3) is 0.696. The third-order valence-corrected chi connectivity index (χ3v) is 9.27. The van der Waals surface area contributed by atoms with E-state index in [0.29, 0.717) is 25.4 Å². The Morgan fingerprint density at radius 1 is 1.10 bits per heavy atom. The topological polar surface area (TPSA) is 57.7 Å². The Bertz CT molecular complexity index is 837. The van der Waals surface area contributed by atoms with Crippen LogP contribution in [0.2, 0.25) is 0 Å². The van der Waals surface area contributed by atoms with E-state index in [2.05, 4.69) is 24.3 Å². The number of amides is 1. The van der Waals surface area contributed by atoms with Crippen LogP contribution in [0.5, 0.6) is 0 Å². The molecule has 0 radical (unpaired) electrons. The van der Waals surface area contributed by atoms with Gasteiger partial charge in [-0.2, -0.15) is 0 Å². The highest BCUT2D eigenvalue weighted by Crippen LogP contribution is 2.53. The van der Waals surface area contributed by atoms with E-state index in [1.54, 1.807) is 4.31 Å². The highest BCUT2D eigenvalue weighted by Gasteiger charge is 2.47. The minimum absolute atomic E-state index is 0.0311. The summed E-state index contributed by atoms with van der Waals surface area (Å²) in [5.41, 5.74) is 2.72. The maximum Gasteiger partial charge on any atom is 0.223 e. The van der Waals surface area contributed by atoms with Gasteiger partial charge in [0.1, 0.15) is 0 Å². The molecule has 0 bridgehead atoms. The van der Waals surface area contributed by atoms with Gasteiger partial charge in [-0.25, -0.2) is 12.7 Å². The van der Waals surface area contributed by atoms with Crippen LogP contribution in [0.4, 0.5) is 0 Å². The second-order valence-electron chi connectivity index (χ2n) is 9.13. The number of fused-ring (bicyclic) bond motifs is 2. The molecule has 1 spiro atoms. The number of likely N-dealkylation sites (tertiary alicyclic amines) is 1. The van der Waals surface area contributed by atoms with Crippen molar-refractivity contribution in [1.82, 2.24) is 9.21 Å². The molecule has 2 fully saturated rings. The molecular weight excluding hydrogens is 384 g/mol. The number of carbonyl (C=O) groups excluding carboxylic acids is 1. The van der Waals surface area contributed by atoms with E-state index in [0.717, 1.165) is 58.0 Å². The van der Waals surface area contributed by atoms with E-state index in [1.807, 2.05) is 11.8 Å². The van der Waals surface area contributed by atoms with Crippen LogP contribution in [0.25, 0.3) is 0 Å². The van der Waals surface area contributed by atoms with Crippen molar-refractivity contribution in [2.24, 2.45) is 0 Å². The summed E-state index contributed by atoms with van der Waals surface area (Å²) in [6.45, 7) is 5.05. The monoisotopic (exact) mass is 418 g/mol. The van der Waals surface area contributed by atoms with Gasteiger partial charge in [0.15, 0.2) is 0 Å². The minimum Gasteiger partial charge on any atom is -0.343 e. The highest BCUT2D eigenvalue weighted by atomic mass is 32.2. The number of benzene rings is 1. The number of sulfonamides is 1. The molecule has 1 atom stereocenters. The van der Waals surface area contributed by atoms with Gasteiger partial charge in [0.05, 0.1) is 5.75 Å². The van der Waals surface area contributed by atoms with Crippen LogP contribution in [0, 0.1) is 0 Å². The Labute approximate surface area is 175 Å². The maximum absolute atomic E-state index is 12.8. The van der Waals surface area contributed by atoms with Crippen molar-refractivity contribution in [1.29, 1.82) is 0 Å². The lowest BCUT2D eigenvalue weighted by Gasteiger charge is -2.40. The van der Waals surface area contributed by atoms with Gasteiger partial charge in [0.25, 0.3) is 0 Å². The third kappa shape index (κ3) is 4.11. The molecule has 0 saturated carbocycles. The fourth-order valence-electron chi connectivity index (χ4n) is 5.64. The van der Waals surface area contributed by atoms with E-state index >= 15 is 0 Å². The molecule has 160 valence electrons. The SMILES string of the molecule is CCCCS(=O)(=O)N1CCC2(CC1)CC(CC(=O)N1CCCC1)c1ccccc12. The molecule has 6 heteroatoms. The van der Waals surface area contributed by atoms with Crippen LogP contribution in [0.3, 0.4) is 0 Å². The second kappa shape index (κ2) is 8.38. The Kier molecular flexibility index (Phi) is 6.03. The Morgan fingerprint density at radius 2 is 1.79 bits per heavy atom. The molecule has 1 aromatic carbocycles. The molecule has 1 aliphatic carbocycles. The first-order valence-corrected chi connectivity index (χ1v) is 12.9. The normalized spacial score (nSPS) is 24.2. The summed E-state index contributed by atoms with van der Waals surface area (Å²) in [5, 5.41) is 0. The van der Waals surface area contributed by atoms with Crippen LogP contribution < -0.4 is 0 Å². The zero-order valence-electron chi connectivity index (χ0n) is 17.6. The van der Waals surface area contributed by atoms with Gasteiger partial charge >= 0.3 is 0 Å². The molecular formula is C23H34N2O3S. The van der Waals surface area contributed by atoms with E-state index in [4.69, 9.17) is 0 Å². The molecule has 1 amide bonds. The molecule has 2 heterocycles. The van der Waals surface area contributed by atoms with E-state index in [1.165, 1.54) is 11.1 Å². The molecule has 5 nitrogen and oxygen atoms in total. The summed E-state index contributed by atoms with van der Waals surface area (Å²) in [5.74, 6) is 0.821. The van der Waals surface area contributed by atoms with Crippen molar-refractivity contribution in [2.75, 3.05) is 31.9 Å². The summed E-state index contributed by atoms with van der Waals surface area (Å²) in [6, 6.07) is 8.58. The van der Waals surface area contributed by atoms with E-state index in [9.17, 15) is 13.2 Å². The van der Waals surface area contributed by atoms with Gasteiger partial charge < -0.3 is 4.90 Å². The van der Waals surface area contributed by atoms with E-state index in [-0.39, 0.29) is 17.1 Å². The van der Waals surface area contributed by atoms with Crippen molar-refractivity contribution < 1.29 is 13.2 Å². The van der Waals surface area contributed by atoms with Gasteiger partial charge in [-0.15, -0.1) is 0 Å². The molecule has 2 aliphatic heterocycles. The van der Waals surface area contributed by atoms with Crippen molar-refractivity contribution in [3.05, 3.63) is 35.4 Å². The van der Waals surface area contributed by atoms with Crippen LogP contribution in [-0.4, -0.2) is 55.5 Å². The molecule has 29 heavy (non-hydrogen) atoms. The summed E-state index contributed by atoms with van der Waals surface area (Å²) in [7, 11) is -3.14. The molecule has 1 aromatic rings. The lowest BCUT2D eigenvalue weighted by atomic mass is 9.73. The van der Waals surface area contributed by atoms with Gasteiger partial charge in [-0.05, 0) is 61.0 Å². The average Bonchev–Trinajstić information content (AvgIpc) is 3.35. The molecule has 0 N–H and O–H groups in total. The third-order valence-electron chi connectivity index (χ3n) is 7.32. The molecule has 1 unspecified atom stereocenters. The number of unbranched alkanes of at least 4 members (excludes halogenated alkanes) is 1. The van der Waals surface area contributed by atoms with Gasteiger partial charge in [0.2, 0.25) is 15.9 Å². The molecule has 2 saturated heterocycles. The number of nitrogens with zero attached hydrogens (tertiary/aromatic N) is 2.